The van der Waals surface area contributed by atoms with E-state index in [-0.39, 0.29) is 12.3 Å². The molecule has 0 saturated heterocycles. The number of carbonyl (C=O) groups excluding carboxylic acids is 1. The Morgan fingerprint density at radius 1 is 1.32 bits per heavy atom. The van der Waals surface area contributed by atoms with E-state index in [2.05, 4.69) is 6.07 Å². The van der Waals surface area contributed by atoms with Crippen molar-refractivity contribution in [3.63, 3.8) is 0 Å². The third-order valence-corrected chi connectivity index (χ3v) is 3.19. The van der Waals surface area contributed by atoms with Gasteiger partial charge in [-0.15, -0.1) is 0 Å². The van der Waals surface area contributed by atoms with Crippen LogP contribution in [0.3, 0.4) is 0 Å². The summed E-state index contributed by atoms with van der Waals surface area (Å²) in [6.45, 7) is 3.75. The minimum Gasteiger partial charge on any atom is -0.310 e. The summed E-state index contributed by atoms with van der Waals surface area (Å²) in [7, 11) is 0. The molecule has 0 N–H and O–H groups in total. The Balaban J connectivity index is 3.09. The number of anilines is 1. The van der Waals surface area contributed by atoms with Crippen molar-refractivity contribution in [1.82, 2.24) is 0 Å². The first kappa shape index (κ1) is 14.7. The van der Waals surface area contributed by atoms with Gasteiger partial charge >= 0.3 is 0 Å². The summed E-state index contributed by atoms with van der Waals surface area (Å²) in [6.07, 6.45) is 0.685. The summed E-state index contributed by atoms with van der Waals surface area (Å²) < 4.78 is 0. The predicted octanol–water partition coefficient (Wildman–Crippen LogP) is 2.87. The van der Waals surface area contributed by atoms with Crippen LogP contribution in [0, 0.1) is 28.1 Å². The second kappa shape index (κ2) is 6.56. The lowest BCUT2D eigenvalue weighted by molar-refractivity contribution is -0.124. The molecule has 0 fully saturated rings. The minimum absolute atomic E-state index is 0.242. The van der Waals surface area contributed by atoms with Gasteiger partial charge in [-0.2, -0.15) is 10.5 Å². The Kier molecular flexibility index (Phi) is 5.09. The Morgan fingerprint density at radius 2 is 1.95 bits per heavy atom. The van der Waals surface area contributed by atoms with Crippen LogP contribution in [-0.4, -0.2) is 12.5 Å². The van der Waals surface area contributed by atoms with Crippen LogP contribution in [0.5, 0.6) is 0 Å². The molecule has 1 unspecified atom stereocenters. The molecule has 0 aromatic heterocycles. The Hall–Kier alpha value is -2.33. The van der Waals surface area contributed by atoms with Crippen LogP contribution in [0.4, 0.5) is 5.69 Å². The third-order valence-electron chi connectivity index (χ3n) is 3.19. The smallest absolute Gasteiger partial charge is 0.247 e. The maximum absolute atomic E-state index is 12.5. The lowest BCUT2D eigenvalue weighted by atomic mass is 9.87. The Labute approximate surface area is 113 Å². The van der Waals surface area contributed by atoms with Crippen LogP contribution >= 0.6 is 0 Å². The van der Waals surface area contributed by atoms with Gasteiger partial charge in [-0.3, -0.25) is 4.79 Å². The average Bonchev–Trinajstić information content (AvgIpc) is 2.47. The van der Waals surface area contributed by atoms with Crippen LogP contribution in [0.2, 0.25) is 0 Å². The number of para-hydroxylation sites is 1. The van der Waals surface area contributed by atoms with E-state index in [9.17, 15) is 10.1 Å². The molecule has 1 aromatic rings. The third kappa shape index (κ3) is 3.33. The van der Waals surface area contributed by atoms with Crippen molar-refractivity contribution in [3.05, 3.63) is 30.3 Å². The zero-order chi connectivity index (χ0) is 14.3. The van der Waals surface area contributed by atoms with E-state index in [1.165, 1.54) is 4.90 Å². The Morgan fingerprint density at radius 3 is 2.42 bits per heavy atom. The monoisotopic (exact) mass is 255 g/mol. The van der Waals surface area contributed by atoms with Crippen molar-refractivity contribution < 1.29 is 4.79 Å². The number of nitriles is 2. The van der Waals surface area contributed by atoms with Crippen molar-refractivity contribution in [1.29, 1.82) is 10.5 Å². The highest BCUT2D eigenvalue weighted by Gasteiger charge is 2.35. The van der Waals surface area contributed by atoms with Gasteiger partial charge in [-0.25, -0.2) is 0 Å². The van der Waals surface area contributed by atoms with Gasteiger partial charge in [0.2, 0.25) is 5.91 Å². The SMILES string of the molecule is CCC(C)(C#N)C(=O)N(CCC#N)c1ccccc1. The van der Waals surface area contributed by atoms with Crippen LogP contribution in [0.25, 0.3) is 0 Å². The first-order valence-corrected chi connectivity index (χ1v) is 6.24. The first-order valence-electron chi connectivity index (χ1n) is 6.24. The second-order valence-corrected chi connectivity index (χ2v) is 4.50. The molecule has 0 heterocycles. The summed E-state index contributed by atoms with van der Waals surface area (Å²) in [5.41, 5.74) is -0.330. The Bertz CT molecular complexity index is 512. The number of amides is 1. The molecule has 0 radical (unpaired) electrons. The average molecular weight is 255 g/mol. The molecular formula is C15H17N3O. The van der Waals surface area contributed by atoms with Gasteiger partial charge in [0.25, 0.3) is 0 Å². The van der Waals surface area contributed by atoms with Gasteiger partial charge in [0, 0.05) is 12.2 Å². The fraction of sp³-hybridized carbons (Fsp3) is 0.400. The highest BCUT2D eigenvalue weighted by atomic mass is 16.2. The maximum Gasteiger partial charge on any atom is 0.247 e. The molecule has 0 aliphatic rings. The summed E-state index contributed by atoms with van der Waals surface area (Å²) in [6, 6.07) is 13.3. The largest absolute Gasteiger partial charge is 0.310 e. The van der Waals surface area contributed by atoms with E-state index < -0.39 is 5.41 Å². The van der Waals surface area contributed by atoms with Crippen molar-refractivity contribution in [2.75, 3.05) is 11.4 Å². The zero-order valence-corrected chi connectivity index (χ0v) is 11.3. The van der Waals surface area contributed by atoms with E-state index >= 15 is 0 Å². The van der Waals surface area contributed by atoms with Crippen LogP contribution in [-0.2, 0) is 4.79 Å². The number of rotatable bonds is 5. The number of benzene rings is 1. The summed E-state index contributed by atoms with van der Waals surface area (Å²) >= 11 is 0. The van der Waals surface area contributed by atoms with Crippen LogP contribution in [0.1, 0.15) is 26.7 Å². The molecule has 1 rings (SSSR count). The number of hydrogen-bond acceptors (Lipinski definition) is 3. The molecule has 4 heteroatoms. The van der Waals surface area contributed by atoms with Crippen molar-refractivity contribution in [2.45, 2.75) is 26.7 Å². The fourth-order valence-electron chi connectivity index (χ4n) is 1.69. The van der Waals surface area contributed by atoms with Crippen LogP contribution < -0.4 is 4.90 Å². The molecule has 0 bridgehead atoms. The van der Waals surface area contributed by atoms with Crippen molar-refractivity contribution >= 4 is 11.6 Å². The van der Waals surface area contributed by atoms with E-state index in [0.717, 1.165) is 5.69 Å². The normalized spacial score (nSPS) is 12.8. The number of hydrogen-bond donors (Lipinski definition) is 0. The summed E-state index contributed by atoms with van der Waals surface area (Å²) in [4.78, 5) is 14.1. The fourth-order valence-corrected chi connectivity index (χ4v) is 1.69. The van der Waals surface area contributed by atoms with Gasteiger partial charge in [0.1, 0.15) is 5.41 Å². The van der Waals surface area contributed by atoms with Crippen molar-refractivity contribution in [3.8, 4) is 12.1 Å². The van der Waals surface area contributed by atoms with Gasteiger partial charge in [0.05, 0.1) is 18.6 Å². The van der Waals surface area contributed by atoms with Crippen LogP contribution in [0.15, 0.2) is 30.3 Å². The second-order valence-electron chi connectivity index (χ2n) is 4.50. The van der Waals surface area contributed by atoms with E-state index in [1.54, 1.807) is 6.92 Å². The molecule has 0 spiro atoms. The van der Waals surface area contributed by atoms with E-state index in [4.69, 9.17) is 5.26 Å². The van der Waals surface area contributed by atoms with Crippen molar-refractivity contribution in [2.24, 2.45) is 5.41 Å². The molecule has 0 aliphatic carbocycles. The van der Waals surface area contributed by atoms with Gasteiger partial charge in [-0.05, 0) is 25.5 Å². The maximum atomic E-state index is 12.5. The molecule has 19 heavy (non-hydrogen) atoms. The molecule has 1 amide bonds. The highest BCUT2D eigenvalue weighted by Crippen LogP contribution is 2.26. The molecule has 1 aromatic carbocycles. The number of carbonyl (C=O) groups is 1. The standard InChI is InChI=1S/C15H17N3O/c1-3-15(2,12-17)14(19)18(11-7-10-16)13-8-5-4-6-9-13/h4-6,8-9H,3,7,11H2,1-2H3. The van der Waals surface area contributed by atoms with Gasteiger partial charge < -0.3 is 4.90 Å². The first-order chi connectivity index (χ1) is 9.09. The molecule has 4 nitrogen and oxygen atoms in total. The van der Waals surface area contributed by atoms with Gasteiger partial charge in [0.15, 0.2) is 0 Å². The number of nitrogens with zero attached hydrogens (tertiary/aromatic N) is 3. The molecule has 98 valence electrons. The lowest BCUT2D eigenvalue weighted by Crippen LogP contribution is -2.42. The predicted molar refractivity (Wildman–Crippen MR) is 73.0 cm³/mol. The highest BCUT2D eigenvalue weighted by molar-refractivity contribution is 5.99. The molecule has 0 aliphatic heterocycles. The summed E-state index contributed by atoms with van der Waals surface area (Å²) in [5, 5.41) is 17.9. The lowest BCUT2D eigenvalue weighted by Gasteiger charge is -2.29. The van der Waals surface area contributed by atoms with E-state index in [1.807, 2.05) is 43.3 Å². The van der Waals surface area contributed by atoms with Gasteiger partial charge in [-0.1, -0.05) is 25.1 Å². The molecule has 0 saturated carbocycles. The topological polar surface area (TPSA) is 67.9 Å². The minimum atomic E-state index is -1.05. The van der Waals surface area contributed by atoms with E-state index in [0.29, 0.717) is 13.0 Å². The summed E-state index contributed by atoms with van der Waals surface area (Å²) in [5.74, 6) is -0.251. The quantitative estimate of drug-likeness (QED) is 0.812. The molecular weight excluding hydrogens is 238 g/mol. The molecule has 1 atom stereocenters. The zero-order valence-electron chi connectivity index (χ0n) is 11.3.